The third kappa shape index (κ3) is 8.29. The van der Waals surface area contributed by atoms with Crippen molar-refractivity contribution in [3.8, 4) is 17.2 Å². The Morgan fingerprint density at radius 1 is 1.00 bits per heavy atom. The quantitative estimate of drug-likeness (QED) is 0.313. The Kier molecular flexibility index (Phi) is 11.3. The number of nitrogens with one attached hydrogen (secondary N) is 2. The van der Waals surface area contributed by atoms with Gasteiger partial charge in [0.1, 0.15) is 12.4 Å². The number of carbonyl (C=O) groups is 1. The number of thiocarbonyl (C=S) groups is 1. The summed E-state index contributed by atoms with van der Waals surface area (Å²) in [6.07, 6.45) is 2.05. The number of rotatable bonds is 12. The first-order valence-corrected chi connectivity index (χ1v) is 11.5. The molecule has 2 aromatic carbocycles. The number of methoxy groups -OCH3 is 2. The summed E-state index contributed by atoms with van der Waals surface area (Å²) in [5.74, 6) is 1.69. The first kappa shape index (κ1) is 25.9. The first-order chi connectivity index (χ1) is 15.5. The van der Waals surface area contributed by atoms with Gasteiger partial charge in [0, 0.05) is 19.2 Å². The normalized spacial score (nSPS) is 10.4. The van der Waals surface area contributed by atoms with Crippen LogP contribution < -0.4 is 24.8 Å². The van der Waals surface area contributed by atoms with Gasteiger partial charge in [-0.1, -0.05) is 19.4 Å². The molecule has 0 aliphatic rings. The van der Waals surface area contributed by atoms with Gasteiger partial charge in [0.15, 0.2) is 16.6 Å². The molecule has 0 radical (unpaired) electrons. The molecule has 0 spiro atoms. The number of ether oxygens (including phenoxy) is 4. The number of unbranched alkanes of at least 4 members (excludes halogenated alkanes) is 1. The molecule has 0 atom stereocenters. The lowest BCUT2D eigenvalue weighted by Gasteiger charge is -2.14. The zero-order valence-electron chi connectivity index (χ0n) is 18.5. The van der Waals surface area contributed by atoms with Crippen molar-refractivity contribution in [3.63, 3.8) is 0 Å². The van der Waals surface area contributed by atoms with Crippen molar-refractivity contribution < 1.29 is 23.7 Å². The molecule has 0 bridgehead atoms. The fraction of sp³-hybridized carbons (Fsp3) is 0.391. The van der Waals surface area contributed by atoms with E-state index in [9.17, 15) is 4.79 Å². The average molecular weight is 525 g/mol. The largest absolute Gasteiger partial charge is 0.493 e. The van der Waals surface area contributed by atoms with E-state index in [1.165, 1.54) is 0 Å². The van der Waals surface area contributed by atoms with Gasteiger partial charge in [0.2, 0.25) is 0 Å². The van der Waals surface area contributed by atoms with Crippen molar-refractivity contribution in [1.29, 1.82) is 0 Å². The summed E-state index contributed by atoms with van der Waals surface area (Å²) in [4.78, 5) is 12.5. The molecule has 7 nitrogen and oxygen atoms in total. The topological polar surface area (TPSA) is 78.1 Å². The van der Waals surface area contributed by atoms with Crippen LogP contribution in [-0.2, 0) is 11.3 Å². The summed E-state index contributed by atoms with van der Waals surface area (Å²) >= 11 is 8.68. The molecule has 0 heterocycles. The predicted molar refractivity (Wildman–Crippen MR) is 132 cm³/mol. The lowest BCUT2D eigenvalue weighted by Crippen LogP contribution is -2.38. The lowest BCUT2D eigenvalue weighted by atomic mass is 10.2. The monoisotopic (exact) mass is 524 g/mol. The average Bonchev–Trinajstić information content (AvgIpc) is 2.79. The molecule has 174 valence electrons. The highest BCUT2D eigenvalue weighted by Crippen LogP contribution is 2.28. The minimum Gasteiger partial charge on any atom is -0.493 e. The number of hydrogen-bond donors (Lipinski definition) is 2. The molecule has 2 N–H and O–H groups in total. The van der Waals surface area contributed by atoms with Crippen molar-refractivity contribution in [3.05, 3.63) is 52.0 Å². The Morgan fingerprint density at radius 2 is 1.75 bits per heavy atom. The lowest BCUT2D eigenvalue weighted by molar-refractivity contribution is 0.0976. The van der Waals surface area contributed by atoms with E-state index >= 15 is 0 Å². The highest BCUT2D eigenvalue weighted by molar-refractivity contribution is 9.10. The Hall–Kier alpha value is -2.36. The van der Waals surface area contributed by atoms with Gasteiger partial charge in [0.05, 0.1) is 24.8 Å². The van der Waals surface area contributed by atoms with E-state index in [0.29, 0.717) is 53.7 Å². The number of benzene rings is 2. The fourth-order valence-electron chi connectivity index (χ4n) is 2.66. The zero-order valence-corrected chi connectivity index (χ0v) is 20.9. The molecule has 9 heteroatoms. The van der Waals surface area contributed by atoms with E-state index in [2.05, 4.69) is 33.5 Å². The van der Waals surface area contributed by atoms with Crippen molar-refractivity contribution in [1.82, 2.24) is 10.6 Å². The maximum Gasteiger partial charge on any atom is 0.257 e. The van der Waals surface area contributed by atoms with Gasteiger partial charge in [-0.15, -0.1) is 0 Å². The van der Waals surface area contributed by atoms with Crippen LogP contribution >= 0.6 is 28.1 Å². The SMILES string of the molecule is CCCCOc1ccc(CNC(=S)NC(=O)c2ccc(OCCOC)c(Br)c2)cc1OC. The smallest absolute Gasteiger partial charge is 0.257 e. The summed E-state index contributed by atoms with van der Waals surface area (Å²) in [6.45, 7) is 4.10. The second-order valence-corrected chi connectivity index (χ2v) is 8.07. The Bertz CT molecular complexity index is 910. The van der Waals surface area contributed by atoms with Gasteiger partial charge in [-0.05, 0) is 70.5 Å². The molecule has 0 aliphatic carbocycles. The molecule has 1 amide bonds. The Balaban J connectivity index is 1.88. The van der Waals surface area contributed by atoms with E-state index in [1.807, 2.05) is 18.2 Å². The molecule has 0 aromatic heterocycles. The maximum absolute atomic E-state index is 12.5. The van der Waals surface area contributed by atoms with Crippen molar-refractivity contribution in [2.24, 2.45) is 0 Å². The van der Waals surface area contributed by atoms with E-state index in [-0.39, 0.29) is 11.0 Å². The zero-order chi connectivity index (χ0) is 23.3. The number of carbonyl (C=O) groups excluding carboxylic acids is 1. The van der Waals surface area contributed by atoms with Gasteiger partial charge >= 0.3 is 0 Å². The van der Waals surface area contributed by atoms with Gasteiger partial charge in [-0.3, -0.25) is 10.1 Å². The number of hydrogen-bond acceptors (Lipinski definition) is 6. The van der Waals surface area contributed by atoms with Crippen LogP contribution in [0.15, 0.2) is 40.9 Å². The van der Waals surface area contributed by atoms with Gasteiger partial charge in [0.25, 0.3) is 5.91 Å². The van der Waals surface area contributed by atoms with E-state index in [1.54, 1.807) is 32.4 Å². The van der Waals surface area contributed by atoms with Gasteiger partial charge in [-0.2, -0.15) is 0 Å². The second-order valence-electron chi connectivity index (χ2n) is 6.81. The molecule has 0 aliphatic heterocycles. The van der Waals surface area contributed by atoms with Gasteiger partial charge in [-0.25, -0.2) is 0 Å². The van der Waals surface area contributed by atoms with Crippen LogP contribution in [0.3, 0.4) is 0 Å². The standard InChI is InChI=1S/C23H29BrN2O5S/c1-4-5-10-30-20-8-6-16(13-21(20)29-3)15-25-23(32)26-22(27)17-7-9-19(18(24)14-17)31-12-11-28-2/h6-9,13-14H,4-5,10-12,15H2,1-3H3,(H2,25,26,27,32). The Labute approximate surface area is 202 Å². The highest BCUT2D eigenvalue weighted by atomic mass is 79.9. The van der Waals surface area contributed by atoms with Crippen LogP contribution in [0, 0.1) is 0 Å². The summed E-state index contributed by atoms with van der Waals surface area (Å²) in [5.41, 5.74) is 1.40. The summed E-state index contributed by atoms with van der Waals surface area (Å²) in [6, 6.07) is 10.8. The van der Waals surface area contributed by atoms with Crippen molar-refractivity contribution in [2.75, 3.05) is 34.0 Å². The third-order valence-corrected chi connectivity index (χ3v) is 5.27. The number of amides is 1. The van der Waals surface area contributed by atoms with Crippen LogP contribution in [0.1, 0.15) is 35.7 Å². The van der Waals surface area contributed by atoms with Crippen molar-refractivity contribution in [2.45, 2.75) is 26.3 Å². The van der Waals surface area contributed by atoms with Crippen LogP contribution in [0.2, 0.25) is 0 Å². The van der Waals surface area contributed by atoms with E-state index in [4.69, 9.17) is 31.2 Å². The molecule has 0 fully saturated rings. The first-order valence-electron chi connectivity index (χ1n) is 10.3. The second kappa shape index (κ2) is 13.9. The summed E-state index contributed by atoms with van der Waals surface area (Å²) in [5, 5.41) is 5.95. The molecular weight excluding hydrogens is 496 g/mol. The van der Waals surface area contributed by atoms with Crippen molar-refractivity contribution >= 4 is 39.2 Å². The minimum atomic E-state index is -0.316. The van der Waals surface area contributed by atoms with E-state index < -0.39 is 0 Å². The molecule has 0 saturated heterocycles. The van der Waals surface area contributed by atoms with E-state index in [0.717, 1.165) is 18.4 Å². The fourth-order valence-corrected chi connectivity index (χ4v) is 3.32. The molecule has 2 aromatic rings. The minimum absolute atomic E-state index is 0.230. The highest BCUT2D eigenvalue weighted by Gasteiger charge is 2.12. The molecule has 0 saturated carbocycles. The molecule has 2 rings (SSSR count). The third-order valence-electron chi connectivity index (χ3n) is 4.40. The Morgan fingerprint density at radius 3 is 2.44 bits per heavy atom. The van der Waals surface area contributed by atoms with Crippen LogP contribution in [0.4, 0.5) is 0 Å². The van der Waals surface area contributed by atoms with Crippen LogP contribution in [0.5, 0.6) is 17.2 Å². The van der Waals surface area contributed by atoms with Gasteiger partial charge < -0.3 is 24.3 Å². The summed E-state index contributed by atoms with van der Waals surface area (Å²) < 4.78 is 22.4. The number of halogens is 1. The predicted octanol–water partition coefficient (Wildman–Crippen LogP) is 4.47. The molecule has 32 heavy (non-hydrogen) atoms. The molecular formula is C23H29BrN2O5S. The summed E-state index contributed by atoms with van der Waals surface area (Å²) in [7, 11) is 3.22. The van der Waals surface area contributed by atoms with Crippen LogP contribution in [0.25, 0.3) is 0 Å². The molecule has 0 unspecified atom stereocenters. The van der Waals surface area contributed by atoms with Crippen LogP contribution in [-0.4, -0.2) is 45.1 Å². The maximum atomic E-state index is 12.5.